The smallest absolute Gasteiger partial charge is 0.271 e. The fraction of sp³-hybridized carbons (Fsp3) is 0.156. The van der Waals surface area contributed by atoms with Crippen LogP contribution >= 0.6 is 0 Å². The molecule has 196 valence electrons. The second kappa shape index (κ2) is 11.6. The van der Waals surface area contributed by atoms with E-state index in [4.69, 9.17) is 14.6 Å². The van der Waals surface area contributed by atoms with E-state index in [0.717, 1.165) is 40.3 Å². The summed E-state index contributed by atoms with van der Waals surface area (Å²) in [5.41, 5.74) is 9.45. The van der Waals surface area contributed by atoms with E-state index in [2.05, 4.69) is 58.9 Å². The third kappa shape index (κ3) is 5.99. The zero-order chi connectivity index (χ0) is 27.2. The third-order valence-corrected chi connectivity index (χ3v) is 6.69. The monoisotopic (exact) mass is 518 g/mol. The molecule has 7 nitrogen and oxygen atoms in total. The average Bonchev–Trinajstić information content (AvgIpc) is 3.43. The lowest BCUT2D eigenvalue weighted by Crippen LogP contribution is -2.18. The van der Waals surface area contributed by atoms with Gasteiger partial charge in [0, 0.05) is 12.0 Å². The van der Waals surface area contributed by atoms with Gasteiger partial charge in [0.2, 0.25) is 0 Å². The van der Waals surface area contributed by atoms with Crippen molar-refractivity contribution in [2.45, 2.75) is 19.4 Å². The van der Waals surface area contributed by atoms with Crippen molar-refractivity contribution in [3.8, 4) is 11.5 Å². The number of amides is 1. The lowest BCUT2D eigenvalue weighted by molar-refractivity contribution is 0.0955. The van der Waals surface area contributed by atoms with E-state index in [9.17, 15) is 4.79 Å². The Balaban J connectivity index is 1.33. The molecule has 1 aliphatic heterocycles. The van der Waals surface area contributed by atoms with Crippen LogP contribution < -0.4 is 19.9 Å². The van der Waals surface area contributed by atoms with E-state index in [1.807, 2.05) is 36.4 Å². The molecule has 7 heteroatoms. The number of methoxy groups -OCH3 is 2. The fourth-order valence-electron chi connectivity index (χ4n) is 4.44. The number of hydrogen-bond acceptors (Lipinski definition) is 6. The molecule has 0 radical (unpaired) electrons. The molecule has 1 atom stereocenters. The summed E-state index contributed by atoms with van der Waals surface area (Å²) in [7, 11) is 3.26. The van der Waals surface area contributed by atoms with E-state index in [-0.39, 0.29) is 11.9 Å². The number of benzene rings is 4. The summed E-state index contributed by atoms with van der Waals surface area (Å²) in [6.07, 6.45) is 2.41. The normalized spacial score (nSPS) is 14.8. The minimum absolute atomic E-state index is 0.0514. The topological polar surface area (TPSA) is 75.5 Å². The fourth-order valence-corrected chi connectivity index (χ4v) is 4.44. The van der Waals surface area contributed by atoms with Crippen LogP contribution in [-0.4, -0.2) is 32.1 Å². The maximum absolute atomic E-state index is 12.3. The molecule has 1 N–H and O–H groups in total. The first-order valence-corrected chi connectivity index (χ1v) is 12.7. The quantitative estimate of drug-likeness (QED) is 0.225. The van der Waals surface area contributed by atoms with Crippen LogP contribution in [-0.2, 0) is 0 Å². The Morgan fingerprint density at radius 3 is 2.10 bits per heavy atom. The van der Waals surface area contributed by atoms with Crippen molar-refractivity contribution in [3.63, 3.8) is 0 Å². The average molecular weight is 519 g/mol. The van der Waals surface area contributed by atoms with Crippen molar-refractivity contribution in [3.05, 3.63) is 125 Å². The molecule has 1 aliphatic rings. The Morgan fingerprint density at radius 2 is 1.49 bits per heavy atom. The molecule has 4 aromatic carbocycles. The van der Waals surface area contributed by atoms with Gasteiger partial charge in [0.05, 0.1) is 37.9 Å². The number of anilines is 1. The number of rotatable bonds is 8. The molecule has 5 rings (SSSR count). The second-order valence-electron chi connectivity index (χ2n) is 9.27. The van der Waals surface area contributed by atoms with Gasteiger partial charge in [-0.25, -0.2) is 5.43 Å². The van der Waals surface area contributed by atoms with Crippen LogP contribution in [0.5, 0.6) is 11.5 Å². The van der Waals surface area contributed by atoms with E-state index < -0.39 is 0 Å². The molecule has 1 amide bonds. The summed E-state index contributed by atoms with van der Waals surface area (Å²) in [6.45, 7) is 2.09. The van der Waals surface area contributed by atoms with Crippen LogP contribution in [0.25, 0.3) is 0 Å². The number of hydrogen-bond donors (Lipinski definition) is 1. The molecule has 39 heavy (non-hydrogen) atoms. The third-order valence-electron chi connectivity index (χ3n) is 6.69. The van der Waals surface area contributed by atoms with Gasteiger partial charge < -0.3 is 9.47 Å². The Bertz CT molecular complexity index is 1480. The number of carbonyl (C=O) groups excluding carboxylic acids is 1. The number of hydrazone groups is 2. The Kier molecular flexibility index (Phi) is 7.68. The Hall–Kier alpha value is -4.91. The molecule has 0 aliphatic carbocycles. The van der Waals surface area contributed by atoms with Crippen LogP contribution in [0.15, 0.2) is 107 Å². The highest BCUT2D eigenvalue weighted by atomic mass is 16.5. The molecule has 1 unspecified atom stereocenters. The first kappa shape index (κ1) is 25.7. The summed E-state index contributed by atoms with van der Waals surface area (Å²) >= 11 is 0. The number of nitrogens with zero attached hydrogens (tertiary/aromatic N) is 3. The highest BCUT2D eigenvalue weighted by molar-refractivity contribution is 6.03. The summed E-state index contributed by atoms with van der Waals surface area (Å²) in [5.74, 6) is 1.23. The number of carbonyl (C=O) groups is 1. The van der Waals surface area contributed by atoms with Gasteiger partial charge in [-0.15, -0.1) is 0 Å². The van der Waals surface area contributed by atoms with Gasteiger partial charge in [-0.2, -0.15) is 10.2 Å². The van der Waals surface area contributed by atoms with Crippen molar-refractivity contribution in [1.82, 2.24) is 5.43 Å². The molecular formula is C32H30N4O3. The molecule has 0 spiro atoms. The van der Waals surface area contributed by atoms with Gasteiger partial charge in [0.15, 0.2) is 0 Å². The predicted octanol–water partition coefficient (Wildman–Crippen LogP) is 6.13. The minimum atomic E-state index is -0.289. The standard InChI is InChI=1S/C32H30N4O3/c1-22-4-8-24(9-5-22)30-20-31(25-10-16-28(38-2)17-11-25)36(35-30)27-14-6-23(7-15-27)21-33-34-32(37)26-12-18-29(39-3)19-13-26/h4-19,21,31H,20H2,1-3H3,(H,34,37). The summed E-state index contributed by atoms with van der Waals surface area (Å²) in [4.78, 5) is 12.3. The summed E-state index contributed by atoms with van der Waals surface area (Å²) in [6, 6.07) is 31.5. The van der Waals surface area contributed by atoms with E-state index in [1.54, 1.807) is 44.7 Å². The van der Waals surface area contributed by atoms with Crippen molar-refractivity contribution in [2.24, 2.45) is 10.2 Å². The zero-order valence-electron chi connectivity index (χ0n) is 22.2. The van der Waals surface area contributed by atoms with Crippen molar-refractivity contribution < 1.29 is 14.3 Å². The van der Waals surface area contributed by atoms with Crippen LogP contribution in [0.3, 0.4) is 0 Å². The van der Waals surface area contributed by atoms with Crippen molar-refractivity contribution in [1.29, 1.82) is 0 Å². The highest BCUT2D eigenvalue weighted by Crippen LogP contribution is 2.37. The molecule has 1 heterocycles. The summed E-state index contributed by atoms with van der Waals surface area (Å²) < 4.78 is 10.5. The molecule has 0 bridgehead atoms. The van der Waals surface area contributed by atoms with Gasteiger partial charge in [-0.05, 0) is 72.1 Å². The van der Waals surface area contributed by atoms with Crippen LogP contribution in [0.1, 0.15) is 45.1 Å². The molecule has 0 aromatic heterocycles. The van der Waals surface area contributed by atoms with Crippen LogP contribution in [0.2, 0.25) is 0 Å². The van der Waals surface area contributed by atoms with Gasteiger partial charge >= 0.3 is 0 Å². The Morgan fingerprint density at radius 1 is 0.872 bits per heavy atom. The van der Waals surface area contributed by atoms with Crippen LogP contribution in [0.4, 0.5) is 5.69 Å². The number of nitrogens with one attached hydrogen (secondary N) is 1. The highest BCUT2D eigenvalue weighted by Gasteiger charge is 2.30. The van der Waals surface area contributed by atoms with Crippen molar-refractivity contribution in [2.75, 3.05) is 19.2 Å². The SMILES string of the molecule is COc1ccc(C(=O)NN=Cc2ccc(N3N=C(c4ccc(C)cc4)CC3c3ccc(OC)cc3)cc2)cc1. The molecule has 0 saturated carbocycles. The maximum atomic E-state index is 12.3. The lowest BCUT2D eigenvalue weighted by atomic mass is 9.97. The van der Waals surface area contributed by atoms with Gasteiger partial charge in [0.1, 0.15) is 11.5 Å². The largest absolute Gasteiger partial charge is 0.497 e. The molecule has 0 saturated heterocycles. The molecule has 0 fully saturated rings. The minimum Gasteiger partial charge on any atom is -0.497 e. The Labute approximate surface area is 228 Å². The van der Waals surface area contributed by atoms with E-state index in [0.29, 0.717) is 11.3 Å². The first-order valence-electron chi connectivity index (χ1n) is 12.7. The maximum Gasteiger partial charge on any atom is 0.271 e. The second-order valence-corrected chi connectivity index (χ2v) is 9.27. The van der Waals surface area contributed by atoms with E-state index in [1.165, 1.54) is 5.56 Å². The number of aryl methyl sites for hydroxylation is 1. The number of ether oxygens (including phenoxy) is 2. The van der Waals surface area contributed by atoms with Gasteiger partial charge in [-0.3, -0.25) is 9.80 Å². The van der Waals surface area contributed by atoms with Crippen LogP contribution in [0, 0.1) is 6.92 Å². The molecule has 4 aromatic rings. The first-order chi connectivity index (χ1) is 19.0. The predicted molar refractivity (Wildman–Crippen MR) is 155 cm³/mol. The van der Waals surface area contributed by atoms with E-state index >= 15 is 0 Å². The lowest BCUT2D eigenvalue weighted by Gasteiger charge is -2.24. The molecular weight excluding hydrogens is 488 g/mol. The van der Waals surface area contributed by atoms with Gasteiger partial charge in [0.25, 0.3) is 5.91 Å². The summed E-state index contributed by atoms with van der Waals surface area (Å²) in [5, 5.41) is 11.2. The van der Waals surface area contributed by atoms with Gasteiger partial charge in [-0.1, -0.05) is 54.1 Å². The van der Waals surface area contributed by atoms with Crippen molar-refractivity contribution >= 4 is 23.5 Å². The zero-order valence-corrected chi connectivity index (χ0v) is 22.2.